The Morgan fingerprint density at radius 2 is 2.06 bits per heavy atom. The van der Waals surface area contributed by atoms with E-state index in [1.54, 1.807) is 24.4 Å². The summed E-state index contributed by atoms with van der Waals surface area (Å²) in [5.74, 6) is 0.0195. The summed E-state index contributed by atoms with van der Waals surface area (Å²) in [6.45, 7) is 0. The summed E-state index contributed by atoms with van der Waals surface area (Å²) in [7, 11) is 0. The maximum Gasteiger partial charge on any atom is 0.411 e. The van der Waals surface area contributed by atoms with E-state index in [1.165, 1.54) is 4.52 Å². The van der Waals surface area contributed by atoms with Crippen LogP contribution in [-0.2, 0) is 0 Å². The Morgan fingerprint density at radius 1 is 1.29 bits per heavy atom. The van der Waals surface area contributed by atoms with Crippen LogP contribution in [0.1, 0.15) is 12.8 Å². The Kier molecular flexibility index (Phi) is 1.90. The van der Waals surface area contributed by atoms with Crippen molar-refractivity contribution in [2.24, 2.45) is 0 Å². The number of fused-ring (bicyclic) bond motifs is 1. The second kappa shape index (κ2) is 3.12. The SMILES string of the molecule is FC(F)(F)C1(Nc2nc3ccccn3n2)CC1. The monoisotopic (exact) mass is 242 g/mol. The van der Waals surface area contributed by atoms with E-state index in [1.807, 2.05) is 0 Å². The maximum atomic E-state index is 12.7. The first kappa shape index (κ1) is 10.4. The van der Waals surface area contributed by atoms with E-state index in [9.17, 15) is 13.2 Å². The van der Waals surface area contributed by atoms with Crippen molar-refractivity contribution in [3.05, 3.63) is 24.4 Å². The van der Waals surface area contributed by atoms with Gasteiger partial charge in [0.2, 0.25) is 5.95 Å². The largest absolute Gasteiger partial charge is 0.411 e. The van der Waals surface area contributed by atoms with Crippen molar-refractivity contribution in [3.8, 4) is 0 Å². The highest BCUT2D eigenvalue weighted by Gasteiger charge is 2.64. The molecule has 90 valence electrons. The number of hydrogen-bond acceptors (Lipinski definition) is 3. The van der Waals surface area contributed by atoms with E-state index < -0.39 is 11.7 Å². The van der Waals surface area contributed by atoms with Crippen LogP contribution in [0.3, 0.4) is 0 Å². The number of aromatic nitrogens is 3. The molecule has 7 heteroatoms. The molecule has 2 aromatic heterocycles. The first-order valence-corrected chi connectivity index (χ1v) is 5.17. The van der Waals surface area contributed by atoms with Gasteiger partial charge in [-0.15, -0.1) is 5.10 Å². The van der Waals surface area contributed by atoms with E-state index in [0.717, 1.165) is 0 Å². The van der Waals surface area contributed by atoms with E-state index in [-0.39, 0.29) is 18.8 Å². The molecular formula is C10H9F3N4. The molecule has 0 unspecified atom stereocenters. The number of anilines is 1. The van der Waals surface area contributed by atoms with Gasteiger partial charge in [-0.3, -0.25) is 0 Å². The first-order chi connectivity index (χ1) is 8.00. The Morgan fingerprint density at radius 3 is 2.65 bits per heavy atom. The van der Waals surface area contributed by atoms with Crippen molar-refractivity contribution in [1.29, 1.82) is 0 Å². The predicted octanol–water partition coefficient (Wildman–Crippen LogP) is 2.24. The lowest BCUT2D eigenvalue weighted by Gasteiger charge is -2.19. The molecule has 4 nitrogen and oxygen atoms in total. The van der Waals surface area contributed by atoms with Crippen LogP contribution in [-0.4, -0.2) is 26.3 Å². The van der Waals surface area contributed by atoms with Gasteiger partial charge >= 0.3 is 6.18 Å². The van der Waals surface area contributed by atoms with E-state index >= 15 is 0 Å². The molecule has 1 aliphatic carbocycles. The quantitative estimate of drug-likeness (QED) is 0.878. The molecule has 2 aromatic rings. The minimum Gasteiger partial charge on any atom is -0.339 e. The Balaban J connectivity index is 1.91. The molecule has 1 N–H and O–H groups in total. The molecule has 0 bridgehead atoms. The van der Waals surface area contributed by atoms with Crippen molar-refractivity contribution in [3.63, 3.8) is 0 Å². The third kappa shape index (κ3) is 1.62. The minimum absolute atomic E-state index is 0.0195. The molecule has 17 heavy (non-hydrogen) atoms. The smallest absolute Gasteiger partial charge is 0.339 e. The van der Waals surface area contributed by atoms with Crippen LogP contribution in [0.2, 0.25) is 0 Å². The van der Waals surface area contributed by atoms with Gasteiger partial charge in [0, 0.05) is 6.20 Å². The number of pyridine rings is 1. The van der Waals surface area contributed by atoms with Crippen molar-refractivity contribution in [2.75, 3.05) is 5.32 Å². The lowest BCUT2D eigenvalue weighted by molar-refractivity contribution is -0.151. The maximum absolute atomic E-state index is 12.7. The summed E-state index contributed by atoms with van der Waals surface area (Å²) >= 11 is 0. The fourth-order valence-corrected chi connectivity index (χ4v) is 1.70. The third-order valence-electron chi connectivity index (χ3n) is 2.89. The lowest BCUT2D eigenvalue weighted by atomic mass is 10.3. The number of alkyl halides is 3. The van der Waals surface area contributed by atoms with Gasteiger partial charge in [-0.05, 0) is 25.0 Å². The summed E-state index contributed by atoms with van der Waals surface area (Å²) in [6, 6.07) is 5.18. The summed E-state index contributed by atoms with van der Waals surface area (Å²) in [5.41, 5.74) is -1.30. The van der Waals surface area contributed by atoms with Gasteiger partial charge < -0.3 is 5.32 Å². The zero-order valence-electron chi connectivity index (χ0n) is 8.70. The molecule has 0 spiro atoms. The highest BCUT2D eigenvalue weighted by Crippen LogP contribution is 2.50. The van der Waals surface area contributed by atoms with Crippen LogP contribution in [0.4, 0.5) is 19.1 Å². The summed E-state index contributed by atoms with van der Waals surface area (Å²) in [5, 5.41) is 6.34. The number of hydrogen-bond donors (Lipinski definition) is 1. The van der Waals surface area contributed by atoms with Crippen LogP contribution < -0.4 is 5.32 Å². The van der Waals surface area contributed by atoms with E-state index in [4.69, 9.17) is 0 Å². The average molecular weight is 242 g/mol. The second-order valence-electron chi connectivity index (χ2n) is 4.14. The van der Waals surface area contributed by atoms with Crippen LogP contribution >= 0.6 is 0 Å². The molecule has 1 fully saturated rings. The van der Waals surface area contributed by atoms with Crippen molar-refractivity contribution >= 4 is 11.6 Å². The molecule has 0 saturated heterocycles. The molecule has 0 atom stereocenters. The zero-order chi connectivity index (χ0) is 12.1. The van der Waals surface area contributed by atoms with E-state index in [0.29, 0.717) is 5.65 Å². The van der Waals surface area contributed by atoms with Gasteiger partial charge in [-0.1, -0.05) is 6.07 Å². The van der Waals surface area contributed by atoms with E-state index in [2.05, 4.69) is 15.4 Å². The minimum atomic E-state index is -4.26. The summed E-state index contributed by atoms with van der Waals surface area (Å²) < 4.78 is 39.6. The van der Waals surface area contributed by atoms with Crippen molar-refractivity contribution in [1.82, 2.24) is 14.6 Å². The topological polar surface area (TPSA) is 42.2 Å². The van der Waals surface area contributed by atoms with Crippen molar-refractivity contribution in [2.45, 2.75) is 24.6 Å². The molecule has 0 amide bonds. The molecule has 0 radical (unpaired) electrons. The standard InChI is InChI=1S/C10H9F3N4/c11-10(12,13)9(4-5-9)15-8-14-7-3-1-2-6-17(7)16-8/h1-3,6H,4-5H2,(H,15,16). The second-order valence-corrected chi connectivity index (χ2v) is 4.14. The first-order valence-electron chi connectivity index (χ1n) is 5.17. The molecule has 0 aromatic carbocycles. The Bertz CT molecular complexity index is 523. The molecule has 1 saturated carbocycles. The Labute approximate surface area is 94.5 Å². The number of rotatable bonds is 2. The summed E-state index contributed by atoms with van der Waals surface area (Å²) in [6.07, 6.45) is -2.47. The number of nitrogens with zero attached hydrogens (tertiary/aromatic N) is 3. The fraction of sp³-hybridized carbons (Fsp3) is 0.400. The zero-order valence-corrected chi connectivity index (χ0v) is 8.70. The molecular weight excluding hydrogens is 233 g/mol. The summed E-state index contributed by atoms with van der Waals surface area (Å²) in [4.78, 5) is 3.99. The molecule has 3 rings (SSSR count). The molecule has 0 aliphatic heterocycles. The average Bonchev–Trinajstić information content (AvgIpc) is 2.92. The molecule has 1 aliphatic rings. The van der Waals surface area contributed by atoms with Crippen LogP contribution in [0.15, 0.2) is 24.4 Å². The van der Waals surface area contributed by atoms with Crippen LogP contribution in [0.25, 0.3) is 5.65 Å². The third-order valence-corrected chi connectivity index (χ3v) is 2.89. The number of nitrogens with one attached hydrogen (secondary N) is 1. The fourth-order valence-electron chi connectivity index (χ4n) is 1.70. The van der Waals surface area contributed by atoms with Crippen LogP contribution in [0.5, 0.6) is 0 Å². The van der Waals surface area contributed by atoms with Gasteiger partial charge in [0.05, 0.1) is 0 Å². The lowest BCUT2D eigenvalue weighted by Crippen LogP contribution is -2.39. The van der Waals surface area contributed by atoms with Crippen LogP contribution in [0, 0.1) is 0 Å². The van der Waals surface area contributed by atoms with Gasteiger partial charge in [-0.2, -0.15) is 18.2 Å². The van der Waals surface area contributed by atoms with Gasteiger partial charge in [0.1, 0.15) is 5.54 Å². The van der Waals surface area contributed by atoms with Gasteiger partial charge in [-0.25, -0.2) is 4.52 Å². The van der Waals surface area contributed by atoms with Crippen molar-refractivity contribution < 1.29 is 13.2 Å². The molecule has 2 heterocycles. The normalized spacial score (nSPS) is 18.3. The highest BCUT2D eigenvalue weighted by atomic mass is 19.4. The highest BCUT2D eigenvalue weighted by molar-refractivity contribution is 5.45. The Hall–Kier alpha value is -1.79. The van der Waals surface area contributed by atoms with Gasteiger partial charge in [0.15, 0.2) is 5.65 Å². The number of halogens is 3. The van der Waals surface area contributed by atoms with Gasteiger partial charge in [0.25, 0.3) is 0 Å². The predicted molar refractivity (Wildman–Crippen MR) is 54.6 cm³/mol.